The Morgan fingerprint density at radius 3 is 2.61 bits per heavy atom. The smallest absolute Gasteiger partial charge is 0.289 e. The third-order valence-electron chi connectivity index (χ3n) is 3.02. The molecular formula is C14H15NO3. The quantitative estimate of drug-likeness (QED) is 0.904. The molecule has 1 aromatic heterocycles. The number of para-hydroxylation sites is 1. The number of aromatic hydroxyl groups is 1. The van der Waals surface area contributed by atoms with Crippen LogP contribution in [-0.2, 0) is 0 Å². The van der Waals surface area contributed by atoms with Crippen LogP contribution in [0.15, 0.2) is 47.1 Å². The topological polar surface area (TPSA) is 53.7 Å². The largest absolute Gasteiger partial charge is 0.508 e. The van der Waals surface area contributed by atoms with Crippen molar-refractivity contribution in [2.75, 3.05) is 7.05 Å². The van der Waals surface area contributed by atoms with Crippen molar-refractivity contribution < 1.29 is 14.3 Å². The van der Waals surface area contributed by atoms with Crippen molar-refractivity contribution in [3.8, 4) is 5.75 Å². The lowest BCUT2D eigenvalue weighted by atomic mass is 10.1. The number of amides is 1. The molecule has 1 unspecified atom stereocenters. The second kappa shape index (κ2) is 4.96. The van der Waals surface area contributed by atoms with Crippen LogP contribution in [0.4, 0.5) is 0 Å². The van der Waals surface area contributed by atoms with Crippen molar-refractivity contribution in [1.29, 1.82) is 0 Å². The Morgan fingerprint density at radius 1 is 1.28 bits per heavy atom. The van der Waals surface area contributed by atoms with Crippen molar-refractivity contribution in [3.05, 3.63) is 54.0 Å². The van der Waals surface area contributed by atoms with Gasteiger partial charge >= 0.3 is 0 Å². The summed E-state index contributed by atoms with van der Waals surface area (Å²) in [5, 5.41) is 9.78. The predicted octanol–water partition coefficient (Wildman–Crippen LogP) is 2.82. The number of benzene rings is 1. The molecule has 0 bridgehead atoms. The van der Waals surface area contributed by atoms with E-state index in [1.807, 2.05) is 13.0 Å². The van der Waals surface area contributed by atoms with Gasteiger partial charge in [-0.3, -0.25) is 4.79 Å². The first-order valence-corrected chi connectivity index (χ1v) is 5.70. The van der Waals surface area contributed by atoms with Crippen molar-refractivity contribution in [2.45, 2.75) is 13.0 Å². The highest BCUT2D eigenvalue weighted by atomic mass is 16.3. The summed E-state index contributed by atoms with van der Waals surface area (Å²) in [6, 6.07) is 10.0. The van der Waals surface area contributed by atoms with Crippen LogP contribution < -0.4 is 0 Å². The van der Waals surface area contributed by atoms with E-state index in [1.165, 1.54) is 11.2 Å². The van der Waals surface area contributed by atoms with Gasteiger partial charge in [0.2, 0.25) is 0 Å². The number of phenolic OH excluding ortho intramolecular Hbond substituents is 1. The molecule has 2 rings (SSSR count). The molecule has 1 heterocycles. The SMILES string of the molecule is CC(c1ccccc1O)N(C)C(=O)c1ccco1. The average molecular weight is 245 g/mol. The maximum atomic E-state index is 12.1. The summed E-state index contributed by atoms with van der Waals surface area (Å²) in [7, 11) is 1.68. The molecule has 0 spiro atoms. The van der Waals surface area contributed by atoms with Gasteiger partial charge in [0.1, 0.15) is 5.75 Å². The Kier molecular flexibility index (Phi) is 3.37. The van der Waals surface area contributed by atoms with Gasteiger partial charge in [0.05, 0.1) is 12.3 Å². The monoisotopic (exact) mass is 245 g/mol. The molecule has 1 N–H and O–H groups in total. The highest BCUT2D eigenvalue weighted by Gasteiger charge is 2.22. The summed E-state index contributed by atoms with van der Waals surface area (Å²) in [6.07, 6.45) is 1.46. The third kappa shape index (κ3) is 2.22. The molecule has 0 saturated heterocycles. The van der Waals surface area contributed by atoms with Gasteiger partial charge in [0.15, 0.2) is 5.76 Å². The molecule has 1 amide bonds. The molecule has 18 heavy (non-hydrogen) atoms. The summed E-state index contributed by atoms with van der Waals surface area (Å²) < 4.78 is 5.08. The van der Waals surface area contributed by atoms with E-state index < -0.39 is 0 Å². The normalized spacial score (nSPS) is 12.1. The highest BCUT2D eigenvalue weighted by Crippen LogP contribution is 2.27. The minimum absolute atomic E-state index is 0.184. The Morgan fingerprint density at radius 2 is 2.00 bits per heavy atom. The summed E-state index contributed by atoms with van der Waals surface area (Å²) in [6.45, 7) is 1.86. The zero-order valence-electron chi connectivity index (χ0n) is 10.3. The number of furan rings is 1. The molecule has 4 nitrogen and oxygen atoms in total. The van der Waals surface area contributed by atoms with Gasteiger partial charge in [0, 0.05) is 12.6 Å². The summed E-state index contributed by atoms with van der Waals surface area (Å²) >= 11 is 0. The molecule has 0 aliphatic rings. The highest BCUT2D eigenvalue weighted by molar-refractivity contribution is 5.91. The molecular weight excluding hydrogens is 230 g/mol. The van der Waals surface area contributed by atoms with E-state index in [9.17, 15) is 9.90 Å². The first-order valence-electron chi connectivity index (χ1n) is 5.70. The molecule has 0 aliphatic heterocycles. The lowest BCUT2D eigenvalue weighted by Crippen LogP contribution is -2.29. The number of nitrogens with zero attached hydrogens (tertiary/aromatic N) is 1. The second-order valence-electron chi connectivity index (χ2n) is 4.13. The van der Waals surface area contributed by atoms with E-state index in [-0.39, 0.29) is 17.7 Å². The maximum Gasteiger partial charge on any atom is 0.289 e. The van der Waals surface area contributed by atoms with Crippen LogP contribution in [0.3, 0.4) is 0 Å². The molecule has 94 valence electrons. The van der Waals surface area contributed by atoms with Gasteiger partial charge < -0.3 is 14.4 Å². The van der Waals surface area contributed by atoms with Crippen LogP contribution in [0.2, 0.25) is 0 Å². The van der Waals surface area contributed by atoms with Crippen molar-refractivity contribution in [3.63, 3.8) is 0 Å². The molecule has 0 saturated carbocycles. The zero-order valence-corrected chi connectivity index (χ0v) is 10.3. The van der Waals surface area contributed by atoms with E-state index in [4.69, 9.17) is 4.42 Å². The molecule has 0 fully saturated rings. The third-order valence-corrected chi connectivity index (χ3v) is 3.02. The van der Waals surface area contributed by atoms with E-state index in [0.29, 0.717) is 11.3 Å². The Bertz CT molecular complexity index is 534. The van der Waals surface area contributed by atoms with Gasteiger partial charge in [-0.1, -0.05) is 18.2 Å². The van der Waals surface area contributed by atoms with E-state index in [0.717, 1.165) is 0 Å². The van der Waals surface area contributed by atoms with Gasteiger partial charge in [-0.25, -0.2) is 0 Å². The van der Waals surface area contributed by atoms with Gasteiger partial charge in [-0.05, 0) is 25.1 Å². The summed E-state index contributed by atoms with van der Waals surface area (Å²) in [5.74, 6) is 0.264. The maximum absolute atomic E-state index is 12.1. The number of carbonyl (C=O) groups excluding carboxylic acids is 1. The number of phenols is 1. The number of hydrogen-bond donors (Lipinski definition) is 1. The molecule has 2 aromatic rings. The van der Waals surface area contributed by atoms with E-state index in [1.54, 1.807) is 37.4 Å². The lowest BCUT2D eigenvalue weighted by Gasteiger charge is -2.24. The fourth-order valence-corrected chi connectivity index (χ4v) is 1.80. The van der Waals surface area contributed by atoms with Crippen molar-refractivity contribution >= 4 is 5.91 Å². The van der Waals surface area contributed by atoms with Gasteiger partial charge in [0.25, 0.3) is 5.91 Å². The Hall–Kier alpha value is -2.23. The first kappa shape index (κ1) is 12.2. The van der Waals surface area contributed by atoms with Gasteiger partial charge in [-0.15, -0.1) is 0 Å². The second-order valence-corrected chi connectivity index (χ2v) is 4.13. The molecule has 4 heteroatoms. The molecule has 0 radical (unpaired) electrons. The molecule has 0 aliphatic carbocycles. The average Bonchev–Trinajstić information content (AvgIpc) is 2.90. The van der Waals surface area contributed by atoms with E-state index in [2.05, 4.69) is 0 Å². The van der Waals surface area contributed by atoms with E-state index >= 15 is 0 Å². The summed E-state index contributed by atoms with van der Waals surface area (Å²) in [5.41, 5.74) is 0.708. The molecule has 1 atom stereocenters. The summed E-state index contributed by atoms with van der Waals surface area (Å²) in [4.78, 5) is 13.6. The van der Waals surface area contributed by atoms with Crippen LogP contribution >= 0.6 is 0 Å². The van der Waals surface area contributed by atoms with Crippen LogP contribution in [0.5, 0.6) is 5.75 Å². The lowest BCUT2D eigenvalue weighted by molar-refractivity contribution is 0.0709. The predicted molar refractivity (Wildman–Crippen MR) is 67.3 cm³/mol. The fraction of sp³-hybridized carbons (Fsp3) is 0.214. The minimum atomic E-state index is -0.233. The van der Waals surface area contributed by atoms with Crippen molar-refractivity contribution in [1.82, 2.24) is 4.90 Å². The van der Waals surface area contributed by atoms with Crippen LogP contribution in [-0.4, -0.2) is 23.0 Å². The van der Waals surface area contributed by atoms with Gasteiger partial charge in [-0.2, -0.15) is 0 Å². The standard InChI is InChI=1S/C14H15NO3/c1-10(11-6-3-4-7-12(11)16)15(2)14(17)13-8-5-9-18-13/h3-10,16H,1-2H3. The fourth-order valence-electron chi connectivity index (χ4n) is 1.80. The van der Waals surface area contributed by atoms with Crippen LogP contribution in [0.1, 0.15) is 29.1 Å². The van der Waals surface area contributed by atoms with Crippen LogP contribution in [0.25, 0.3) is 0 Å². The number of rotatable bonds is 3. The first-order chi connectivity index (χ1) is 8.61. The van der Waals surface area contributed by atoms with Crippen LogP contribution in [0, 0.1) is 0 Å². The number of carbonyl (C=O) groups is 1. The van der Waals surface area contributed by atoms with Crippen molar-refractivity contribution in [2.24, 2.45) is 0 Å². The minimum Gasteiger partial charge on any atom is -0.508 e. The Balaban J connectivity index is 2.22. The Labute approximate surface area is 105 Å². The number of hydrogen-bond acceptors (Lipinski definition) is 3. The molecule has 1 aromatic carbocycles. The zero-order chi connectivity index (χ0) is 13.1.